The lowest BCUT2D eigenvalue weighted by atomic mass is 10.2. The van der Waals surface area contributed by atoms with Gasteiger partial charge in [-0.05, 0) is 18.2 Å². The summed E-state index contributed by atoms with van der Waals surface area (Å²) in [6.45, 7) is 0. The largest absolute Gasteiger partial charge is 0.361 e. The van der Waals surface area contributed by atoms with Crippen molar-refractivity contribution in [3.8, 4) is 11.4 Å². The predicted octanol–water partition coefficient (Wildman–Crippen LogP) is 1.63. The molecule has 0 atom stereocenters. The van der Waals surface area contributed by atoms with Gasteiger partial charge in [0.2, 0.25) is 5.82 Å². The molecule has 5 nitrogen and oxygen atoms in total. The van der Waals surface area contributed by atoms with Crippen LogP contribution in [-0.4, -0.2) is 16.0 Å². The van der Waals surface area contributed by atoms with Gasteiger partial charge in [0.15, 0.2) is 0 Å². The van der Waals surface area contributed by atoms with E-state index in [1.165, 1.54) is 12.1 Å². The van der Waals surface area contributed by atoms with E-state index in [1.54, 1.807) is 0 Å². The fraction of sp³-hybridized carbons (Fsp3) is 0. The minimum atomic E-state index is -0.827. The lowest BCUT2D eigenvalue weighted by Gasteiger charge is -1.96. The van der Waals surface area contributed by atoms with Crippen LogP contribution >= 0.6 is 11.6 Å². The normalized spacial score (nSPS) is 10.4. The first-order valence-electron chi connectivity index (χ1n) is 4.17. The Bertz CT molecular complexity index is 555. The molecule has 0 bridgehead atoms. The van der Waals surface area contributed by atoms with Gasteiger partial charge in [-0.2, -0.15) is 4.98 Å². The molecular weight excluding hydrogens is 237 g/mol. The zero-order valence-corrected chi connectivity index (χ0v) is 8.53. The zero-order chi connectivity index (χ0) is 11.7. The van der Waals surface area contributed by atoms with Crippen LogP contribution in [0.5, 0.6) is 0 Å². The Morgan fingerprint density at radius 2 is 2.25 bits per heavy atom. The van der Waals surface area contributed by atoms with E-state index in [0.717, 1.165) is 6.07 Å². The van der Waals surface area contributed by atoms with Gasteiger partial charge >= 0.3 is 11.8 Å². The fourth-order valence-electron chi connectivity index (χ4n) is 1.08. The fourth-order valence-corrected chi connectivity index (χ4v) is 1.26. The van der Waals surface area contributed by atoms with Gasteiger partial charge in [0.05, 0.1) is 5.02 Å². The third kappa shape index (κ3) is 1.87. The van der Waals surface area contributed by atoms with Crippen molar-refractivity contribution in [3.05, 3.63) is 34.9 Å². The molecule has 0 saturated heterocycles. The molecule has 0 fully saturated rings. The van der Waals surface area contributed by atoms with Crippen LogP contribution in [0.3, 0.4) is 0 Å². The van der Waals surface area contributed by atoms with Crippen molar-refractivity contribution >= 4 is 17.5 Å². The van der Waals surface area contributed by atoms with E-state index in [4.69, 9.17) is 17.3 Å². The van der Waals surface area contributed by atoms with Crippen molar-refractivity contribution in [1.29, 1.82) is 0 Å². The predicted molar refractivity (Wildman–Crippen MR) is 53.2 cm³/mol. The van der Waals surface area contributed by atoms with E-state index in [9.17, 15) is 9.18 Å². The number of hydrogen-bond donors (Lipinski definition) is 1. The Hall–Kier alpha value is -1.95. The second-order valence-electron chi connectivity index (χ2n) is 2.92. The molecule has 0 spiro atoms. The lowest BCUT2D eigenvalue weighted by Crippen LogP contribution is -2.10. The van der Waals surface area contributed by atoms with Gasteiger partial charge in [0, 0.05) is 5.56 Å². The Labute approximate surface area is 94.0 Å². The number of carbonyl (C=O) groups excluding carboxylic acids is 1. The average molecular weight is 242 g/mol. The molecule has 1 aromatic heterocycles. The number of aromatic nitrogens is 2. The molecule has 2 N–H and O–H groups in total. The maximum absolute atomic E-state index is 12.9. The third-order valence-corrected chi connectivity index (χ3v) is 2.10. The summed E-state index contributed by atoms with van der Waals surface area (Å²) >= 11 is 5.58. The second kappa shape index (κ2) is 3.90. The van der Waals surface area contributed by atoms with Crippen LogP contribution in [0.4, 0.5) is 4.39 Å². The third-order valence-electron chi connectivity index (χ3n) is 1.81. The van der Waals surface area contributed by atoms with Gasteiger partial charge in [-0.1, -0.05) is 16.8 Å². The van der Waals surface area contributed by atoms with E-state index >= 15 is 0 Å². The van der Waals surface area contributed by atoms with Crippen molar-refractivity contribution in [2.75, 3.05) is 0 Å². The highest BCUT2D eigenvalue weighted by atomic mass is 35.5. The van der Waals surface area contributed by atoms with Gasteiger partial charge in [-0.15, -0.1) is 0 Å². The van der Waals surface area contributed by atoms with Crippen LogP contribution in [0.1, 0.15) is 10.7 Å². The number of carbonyl (C=O) groups is 1. The van der Waals surface area contributed by atoms with Crippen LogP contribution in [0, 0.1) is 5.82 Å². The van der Waals surface area contributed by atoms with Gasteiger partial charge in [-0.3, -0.25) is 4.79 Å². The number of benzene rings is 1. The Kier molecular flexibility index (Phi) is 2.57. The van der Waals surface area contributed by atoms with E-state index in [0.29, 0.717) is 5.56 Å². The standard InChI is InChI=1S/C9H5ClFN3O2/c10-5-3-4(1-2-6(5)11)8-13-9(7(12)15)16-14-8/h1-3H,(H2,12,15). The molecule has 0 saturated carbocycles. The number of primary amides is 1. The number of amides is 1. The van der Waals surface area contributed by atoms with E-state index in [2.05, 4.69) is 14.7 Å². The maximum Gasteiger partial charge on any atom is 0.316 e. The molecule has 82 valence electrons. The SMILES string of the molecule is NC(=O)c1nc(-c2ccc(F)c(Cl)c2)no1. The van der Waals surface area contributed by atoms with Crippen molar-refractivity contribution in [2.45, 2.75) is 0 Å². The van der Waals surface area contributed by atoms with Gasteiger partial charge in [0.1, 0.15) is 5.82 Å². The van der Waals surface area contributed by atoms with Gasteiger partial charge < -0.3 is 10.3 Å². The van der Waals surface area contributed by atoms with Gasteiger partial charge in [-0.25, -0.2) is 4.39 Å². The molecule has 0 unspecified atom stereocenters. The van der Waals surface area contributed by atoms with Crippen molar-refractivity contribution in [1.82, 2.24) is 10.1 Å². The topological polar surface area (TPSA) is 82.0 Å². The smallest absolute Gasteiger partial charge is 0.316 e. The molecule has 0 aliphatic carbocycles. The molecule has 0 aliphatic heterocycles. The highest BCUT2D eigenvalue weighted by Gasteiger charge is 2.13. The molecule has 2 aromatic rings. The van der Waals surface area contributed by atoms with Crippen molar-refractivity contribution in [2.24, 2.45) is 5.73 Å². The lowest BCUT2D eigenvalue weighted by molar-refractivity contribution is 0.0958. The molecule has 1 aromatic carbocycles. The van der Waals surface area contributed by atoms with Gasteiger partial charge in [0.25, 0.3) is 0 Å². The molecule has 16 heavy (non-hydrogen) atoms. The van der Waals surface area contributed by atoms with Crippen LogP contribution in [0.25, 0.3) is 11.4 Å². The zero-order valence-electron chi connectivity index (χ0n) is 7.78. The van der Waals surface area contributed by atoms with Crippen LogP contribution < -0.4 is 5.73 Å². The molecule has 1 heterocycles. The summed E-state index contributed by atoms with van der Waals surface area (Å²) in [5.41, 5.74) is 5.37. The summed E-state index contributed by atoms with van der Waals surface area (Å²) in [5.74, 6) is -1.57. The van der Waals surface area contributed by atoms with E-state index in [-0.39, 0.29) is 16.7 Å². The minimum absolute atomic E-state index is 0.0667. The van der Waals surface area contributed by atoms with Crippen molar-refractivity contribution < 1.29 is 13.7 Å². The summed E-state index contributed by atoms with van der Waals surface area (Å²) in [7, 11) is 0. The molecule has 2 rings (SSSR count). The number of halogens is 2. The monoisotopic (exact) mass is 241 g/mol. The molecular formula is C9H5ClFN3O2. The molecule has 7 heteroatoms. The van der Waals surface area contributed by atoms with E-state index < -0.39 is 11.7 Å². The van der Waals surface area contributed by atoms with Crippen LogP contribution in [0.2, 0.25) is 5.02 Å². The first kappa shape index (κ1) is 10.6. The Balaban J connectivity index is 2.42. The average Bonchev–Trinajstić information content (AvgIpc) is 2.71. The quantitative estimate of drug-likeness (QED) is 0.866. The molecule has 0 aliphatic rings. The summed E-state index contributed by atoms with van der Waals surface area (Å²) in [4.78, 5) is 14.4. The number of nitrogens with zero attached hydrogens (tertiary/aromatic N) is 2. The Morgan fingerprint density at radius 1 is 1.50 bits per heavy atom. The number of nitrogens with two attached hydrogens (primary N) is 1. The van der Waals surface area contributed by atoms with Crippen molar-refractivity contribution in [3.63, 3.8) is 0 Å². The minimum Gasteiger partial charge on any atom is -0.361 e. The first-order valence-corrected chi connectivity index (χ1v) is 4.54. The second-order valence-corrected chi connectivity index (χ2v) is 3.32. The highest BCUT2D eigenvalue weighted by Crippen LogP contribution is 2.22. The highest BCUT2D eigenvalue weighted by molar-refractivity contribution is 6.31. The molecule has 1 amide bonds. The first-order chi connectivity index (χ1) is 7.58. The van der Waals surface area contributed by atoms with Crippen LogP contribution in [0.15, 0.2) is 22.7 Å². The number of rotatable bonds is 2. The van der Waals surface area contributed by atoms with Crippen LogP contribution in [-0.2, 0) is 0 Å². The van der Waals surface area contributed by atoms with E-state index in [1.807, 2.05) is 0 Å². The molecule has 0 radical (unpaired) electrons. The summed E-state index contributed by atoms with van der Waals surface area (Å²) in [5, 5.41) is 3.44. The Morgan fingerprint density at radius 3 is 2.81 bits per heavy atom. The summed E-state index contributed by atoms with van der Waals surface area (Å²) < 4.78 is 17.5. The number of hydrogen-bond acceptors (Lipinski definition) is 4. The summed E-state index contributed by atoms with van der Waals surface area (Å²) in [6.07, 6.45) is 0. The maximum atomic E-state index is 12.9. The summed E-state index contributed by atoms with van der Waals surface area (Å²) in [6, 6.07) is 3.90.